The molecule has 0 unspecified atom stereocenters. The highest BCUT2D eigenvalue weighted by molar-refractivity contribution is 7.91. The molecule has 2 fully saturated rings. The fourth-order valence-corrected chi connectivity index (χ4v) is 5.11. The number of halogens is 2. The van der Waals surface area contributed by atoms with E-state index in [0.29, 0.717) is 32.0 Å². The highest BCUT2D eigenvalue weighted by Crippen LogP contribution is 2.25. The number of hydrogen-bond donors (Lipinski definition) is 0. The first-order chi connectivity index (χ1) is 16.2. The SMILES string of the molecule is Cc1nc(N2CCN(C)CC2)cc(N2CCN(C(=O)c3ccccc3S(=O)(=O)C(F)F)CC2)n1. The Labute approximate surface area is 197 Å². The Morgan fingerprint density at radius 2 is 1.44 bits per heavy atom. The van der Waals surface area contributed by atoms with E-state index in [1.165, 1.54) is 23.1 Å². The van der Waals surface area contributed by atoms with Gasteiger partial charge in [0.25, 0.3) is 5.91 Å². The lowest BCUT2D eigenvalue weighted by molar-refractivity contribution is 0.0742. The van der Waals surface area contributed by atoms with Crippen molar-refractivity contribution in [1.29, 1.82) is 0 Å². The van der Waals surface area contributed by atoms with E-state index in [9.17, 15) is 22.0 Å². The summed E-state index contributed by atoms with van der Waals surface area (Å²) in [5.41, 5.74) is -0.230. The zero-order valence-electron chi connectivity index (χ0n) is 19.2. The molecule has 0 bridgehead atoms. The topological polar surface area (TPSA) is 90.0 Å². The second kappa shape index (κ2) is 9.79. The largest absolute Gasteiger partial charge is 0.354 e. The van der Waals surface area contributed by atoms with Crippen molar-refractivity contribution in [1.82, 2.24) is 19.8 Å². The first-order valence-corrected chi connectivity index (χ1v) is 12.7. The van der Waals surface area contributed by atoms with Gasteiger partial charge in [-0.25, -0.2) is 18.4 Å². The summed E-state index contributed by atoms with van der Waals surface area (Å²) in [4.78, 5) is 29.6. The van der Waals surface area contributed by atoms with Gasteiger partial charge < -0.3 is 19.6 Å². The summed E-state index contributed by atoms with van der Waals surface area (Å²) >= 11 is 0. The Morgan fingerprint density at radius 3 is 2.00 bits per heavy atom. The number of nitrogens with zero attached hydrogens (tertiary/aromatic N) is 6. The summed E-state index contributed by atoms with van der Waals surface area (Å²) in [6, 6.07) is 7.09. The molecule has 1 aromatic heterocycles. The molecule has 0 atom stereocenters. The molecule has 12 heteroatoms. The monoisotopic (exact) mass is 494 g/mol. The van der Waals surface area contributed by atoms with Gasteiger partial charge in [-0.2, -0.15) is 8.78 Å². The highest BCUT2D eigenvalue weighted by Gasteiger charge is 2.33. The molecule has 34 heavy (non-hydrogen) atoms. The molecule has 3 heterocycles. The van der Waals surface area contributed by atoms with Crippen molar-refractivity contribution in [2.75, 3.05) is 69.2 Å². The van der Waals surface area contributed by atoms with Gasteiger partial charge in [0, 0.05) is 58.4 Å². The maximum atomic E-state index is 13.1. The predicted octanol–water partition coefficient (Wildman–Crippen LogP) is 1.50. The van der Waals surface area contributed by atoms with E-state index in [1.54, 1.807) is 0 Å². The number of hydrogen-bond acceptors (Lipinski definition) is 8. The Bertz CT molecular complexity index is 1150. The second-order valence-electron chi connectivity index (χ2n) is 8.50. The molecule has 0 N–H and O–H groups in total. The van der Waals surface area contributed by atoms with Crippen LogP contribution in [0.15, 0.2) is 35.2 Å². The van der Waals surface area contributed by atoms with E-state index in [4.69, 9.17) is 0 Å². The van der Waals surface area contributed by atoms with E-state index in [1.807, 2.05) is 13.0 Å². The molecule has 2 aromatic rings. The van der Waals surface area contributed by atoms with Crippen molar-refractivity contribution < 1.29 is 22.0 Å². The lowest BCUT2D eigenvalue weighted by Gasteiger charge is -2.37. The molecule has 1 amide bonds. The minimum atomic E-state index is -4.88. The Kier molecular flexibility index (Phi) is 6.99. The van der Waals surface area contributed by atoms with Crippen molar-refractivity contribution in [2.45, 2.75) is 17.6 Å². The Morgan fingerprint density at radius 1 is 0.912 bits per heavy atom. The fraction of sp³-hybridized carbons (Fsp3) is 0.500. The number of alkyl halides is 2. The predicted molar refractivity (Wildman–Crippen MR) is 124 cm³/mol. The number of likely N-dealkylation sites (N-methyl/N-ethyl adjacent to an activating group) is 1. The quantitative estimate of drug-likeness (QED) is 0.618. The summed E-state index contributed by atoms with van der Waals surface area (Å²) < 4.78 is 50.3. The number of rotatable bonds is 5. The number of benzene rings is 1. The van der Waals surface area contributed by atoms with Crippen LogP contribution in [0.4, 0.5) is 20.4 Å². The average Bonchev–Trinajstić information content (AvgIpc) is 2.83. The second-order valence-corrected chi connectivity index (χ2v) is 10.4. The Hall–Kier alpha value is -2.86. The zero-order valence-corrected chi connectivity index (χ0v) is 20.0. The van der Waals surface area contributed by atoms with Gasteiger partial charge in [-0.3, -0.25) is 4.79 Å². The van der Waals surface area contributed by atoms with E-state index in [2.05, 4.69) is 31.7 Å². The highest BCUT2D eigenvalue weighted by atomic mass is 32.2. The number of aromatic nitrogens is 2. The number of aryl methyl sites for hydroxylation is 1. The maximum Gasteiger partial charge on any atom is 0.341 e. The van der Waals surface area contributed by atoms with Crippen LogP contribution in [0.1, 0.15) is 16.2 Å². The van der Waals surface area contributed by atoms with Crippen molar-refractivity contribution in [3.8, 4) is 0 Å². The van der Waals surface area contributed by atoms with E-state index in [-0.39, 0.29) is 5.56 Å². The van der Waals surface area contributed by atoms with Crippen LogP contribution >= 0.6 is 0 Å². The lowest BCUT2D eigenvalue weighted by Crippen LogP contribution is -2.49. The number of carbonyl (C=O) groups is 1. The lowest BCUT2D eigenvalue weighted by atomic mass is 10.2. The molecule has 2 aliphatic heterocycles. The third-order valence-electron chi connectivity index (χ3n) is 6.19. The third kappa shape index (κ3) is 4.97. The number of carbonyl (C=O) groups excluding carboxylic acids is 1. The summed E-state index contributed by atoms with van der Waals surface area (Å²) in [7, 11) is -2.79. The van der Waals surface area contributed by atoms with Gasteiger partial charge in [-0.05, 0) is 26.1 Å². The van der Waals surface area contributed by atoms with Crippen LogP contribution in [0, 0.1) is 6.92 Å². The van der Waals surface area contributed by atoms with Gasteiger partial charge in [-0.1, -0.05) is 12.1 Å². The van der Waals surface area contributed by atoms with Crippen LogP contribution in [-0.4, -0.2) is 99.3 Å². The van der Waals surface area contributed by atoms with Crippen molar-refractivity contribution >= 4 is 27.4 Å². The van der Waals surface area contributed by atoms with Crippen LogP contribution in [0.3, 0.4) is 0 Å². The average molecular weight is 495 g/mol. The van der Waals surface area contributed by atoms with E-state index in [0.717, 1.165) is 43.9 Å². The number of anilines is 2. The molecule has 0 saturated carbocycles. The fourth-order valence-electron chi connectivity index (χ4n) is 4.19. The van der Waals surface area contributed by atoms with Gasteiger partial charge >= 0.3 is 5.76 Å². The van der Waals surface area contributed by atoms with E-state index >= 15 is 0 Å². The molecule has 0 aliphatic carbocycles. The number of amides is 1. The molecule has 4 rings (SSSR count). The number of piperazine rings is 2. The van der Waals surface area contributed by atoms with Crippen molar-refractivity contribution in [2.24, 2.45) is 0 Å². The Balaban J connectivity index is 1.47. The normalized spacial score (nSPS) is 18.0. The summed E-state index contributed by atoms with van der Waals surface area (Å²) in [6.07, 6.45) is 0. The van der Waals surface area contributed by atoms with Crippen LogP contribution in [0.25, 0.3) is 0 Å². The molecule has 0 spiro atoms. The molecular weight excluding hydrogens is 466 g/mol. The van der Waals surface area contributed by atoms with Crippen LogP contribution < -0.4 is 9.80 Å². The van der Waals surface area contributed by atoms with Crippen LogP contribution in [0.2, 0.25) is 0 Å². The van der Waals surface area contributed by atoms with Gasteiger partial charge in [-0.15, -0.1) is 0 Å². The van der Waals surface area contributed by atoms with Crippen molar-refractivity contribution in [3.63, 3.8) is 0 Å². The first-order valence-electron chi connectivity index (χ1n) is 11.1. The molecule has 0 radical (unpaired) electrons. The van der Waals surface area contributed by atoms with Gasteiger partial charge in [0.1, 0.15) is 17.5 Å². The van der Waals surface area contributed by atoms with Gasteiger partial charge in [0.2, 0.25) is 9.84 Å². The van der Waals surface area contributed by atoms with Gasteiger partial charge in [0.05, 0.1) is 10.5 Å². The molecular formula is C22H28F2N6O3S. The molecule has 2 saturated heterocycles. The van der Waals surface area contributed by atoms with Crippen LogP contribution in [-0.2, 0) is 9.84 Å². The minimum Gasteiger partial charge on any atom is -0.354 e. The zero-order chi connectivity index (χ0) is 24.5. The molecule has 9 nitrogen and oxygen atoms in total. The van der Waals surface area contributed by atoms with E-state index < -0.39 is 26.4 Å². The molecule has 1 aromatic carbocycles. The smallest absolute Gasteiger partial charge is 0.341 e. The van der Waals surface area contributed by atoms with Crippen LogP contribution in [0.5, 0.6) is 0 Å². The summed E-state index contributed by atoms with van der Waals surface area (Å²) in [5.74, 6) is -1.85. The number of sulfone groups is 1. The van der Waals surface area contributed by atoms with Gasteiger partial charge in [0.15, 0.2) is 0 Å². The summed E-state index contributed by atoms with van der Waals surface area (Å²) in [5, 5.41) is 0. The summed E-state index contributed by atoms with van der Waals surface area (Å²) in [6.45, 7) is 7.13. The standard InChI is InChI=1S/C22H28F2N6O3S/c1-16-25-19(28-9-7-27(2)8-10-28)15-20(26-16)29-11-13-30(14-12-29)21(31)17-5-3-4-6-18(17)34(32,33)22(23)24/h3-6,15,22H,7-14H2,1-2H3. The third-order valence-corrected chi connectivity index (χ3v) is 7.63. The van der Waals surface area contributed by atoms with Crippen molar-refractivity contribution in [3.05, 3.63) is 41.7 Å². The molecule has 2 aliphatic rings. The molecule has 184 valence electrons. The maximum absolute atomic E-state index is 13.1. The minimum absolute atomic E-state index is 0.230. The first kappa shape index (κ1) is 24.3.